The molecule has 1 aromatic heterocycles. The van der Waals surface area contributed by atoms with Gasteiger partial charge in [-0.15, -0.1) is 0 Å². The minimum Gasteiger partial charge on any atom is -0.489 e. The number of hydrogen-bond donors (Lipinski definition) is 1. The summed E-state index contributed by atoms with van der Waals surface area (Å²) in [6, 6.07) is 25.6. The number of rotatable bonds is 6. The quantitative estimate of drug-likeness (QED) is 0.387. The lowest BCUT2D eigenvalue weighted by atomic mass is 9.92. The van der Waals surface area contributed by atoms with Crippen LogP contribution in [0, 0.1) is 0 Å². The molecule has 6 heteroatoms. The summed E-state index contributed by atoms with van der Waals surface area (Å²) in [5.41, 5.74) is 6.63. The van der Waals surface area contributed by atoms with E-state index < -0.39 is 6.10 Å². The second-order valence-corrected chi connectivity index (χ2v) is 10.5. The van der Waals surface area contributed by atoms with Gasteiger partial charge in [0.1, 0.15) is 18.5 Å². The van der Waals surface area contributed by atoms with Gasteiger partial charge >= 0.3 is 0 Å². The van der Waals surface area contributed by atoms with Crippen molar-refractivity contribution >= 4 is 22.5 Å². The van der Waals surface area contributed by atoms with E-state index in [4.69, 9.17) is 16.3 Å². The molecule has 4 aromatic rings. The summed E-state index contributed by atoms with van der Waals surface area (Å²) >= 11 is 6.40. The molecule has 3 aromatic carbocycles. The van der Waals surface area contributed by atoms with Crippen LogP contribution in [0.25, 0.3) is 10.9 Å². The van der Waals surface area contributed by atoms with E-state index in [1.807, 2.05) is 18.2 Å². The van der Waals surface area contributed by atoms with E-state index in [1.54, 1.807) is 12.3 Å². The van der Waals surface area contributed by atoms with Crippen molar-refractivity contribution in [3.8, 4) is 5.75 Å². The Balaban J connectivity index is 1.10. The van der Waals surface area contributed by atoms with Crippen molar-refractivity contribution in [1.29, 1.82) is 0 Å². The van der Waals surface area contributed by atoms with Gasteiger partial charge in [0.15, 0.2) is 0 Å². The normalized spacial score (nSPS) is 17.7. The third-order valence-corrected chi connectivity index (χ3v) is 8.01. The highest BCUT2D eigenvalue weighted by Gasteiger charge is 2.31. The number of pyridine rings is 1. The van der Waals surface area contributed by atoms with Crippen LogP contribution >= 0.6 is 11.6 Å². The number of β-amino-alcohol motifs (C(OH)–C–C–N with tert-alkyl or cyclic N) is 1. The van der Waals surface area contributed by atoms with Gasteiger partial charge < -0.3 is 9.84 Å². The largest absolute Gasteiger partial charge is 0.489 e. The number of nitrogens with zero attached hydrogens (tertiary/aromatic N) is 3. The van der Waals surface area contributed by atoms with Crippen molar-refractivity contribution in [3.05, 3.63) is 106 Å². The van der Waals surface area contributed by atoms with Gasteiger partial charge in [-0.2, -0.15) is 0 Å². The van der Waals surface area contributed by atoms with Crippen LogP contribution in [0.5, 0.6) is 5.75 Å². The van der Waals surface area contributed by atoms with Crippen LogP contribution in [0.4, 0.5) is 0 Å². The SMILES string of the molecule is OC(COc1c(Cl)ccc2ncccc12)CN1CCN(C2c3ccccc3CCc3ccccc32)CC1. The highest BCUT2D eigenvalue weighted by atomic mass is 35.5. The molecule has 0 saturated carbocycles. The molecular weight excluding hydrogens is 482 g/mol. The highest BCUT2D eigenvalue weighted by molar-refractivity contribution is 6.33. The summed E-state index contributed by atoms with van der Waals surface area (Å²) in [6.07, 6.45) is 3.33. The van der Waals surface area contributed by atoms with Gasteiger partial charge in [0.25, 0.3) is 0 Å². The minimum atomic E-state index is -0.603. The smallest absolute Gasteiger partial charge is 0.147 e. The molecule has 0 spiro atoms. The average Bonchev–Trinajstić information content (AvgIpc) is 3.10. The van der Waals surface area contributed by atoms with E-state index in [2.05, 4.69) is 63.3 Å². The standard InChI is InChI=1S/C31H32ClN3O2/c32-28-13-14-29-27(10-5-15-33-29)31(28)37-21-24(36)20-34-16-18-35(19-17-34)30-25-8-3-1-6-22(25)11-12-23-7-2-4-9-26(23)30/h1-10,13-15,24,30,36H,11-12,16-21H2. The fraction of sp³-hybridized carbons (Fsp3) is 0.323. The monoisotopic (exact) mass is 513 g/mol. The Kier molecular flexibility index (Phi) is 7.12. The second kappa shape index (κ2) is 10.8. The maximum atomic E-state index is 10.8. The zero-order chi connectivity index (χ0) is 25.2. The molecule has 0 radical (unpaired) electrons. The van der Waals surface area contributed by atoms with Gasteiger partial charge in [0.05, 0.1) is 16.6 Å². The van der Waals surface area contributed by atoms with Crippen molar-refractivity contribution in [2.75, 3.05) is 39.3 Å². The molecule has 2 heterocycles. The molecule has 1 saturated heterocycles. The Morgan fingerprint density at radius 2 is 1.54 bits per heavy atom. The summed E-state index contributed by atoms with van der Waals surface area (Å²) in [7, 11) is 0. The zero-order valence-electron chi connectivity index (χ0n) is 20.9. The molecule has 190 valence electrons. The number of hydrogen-bond acceptors (Lipinski definition) is 5. The molecular formula is C31H32ClN3O2. The van der Waals surface area contributed by atoms with Gasteiger partial charge in [-0.05, 0) is 59.4 Å². The number of ether oxygens (including phenoxy) is 1. The lowest BCUT2D eigenvalue weighted by Crippen LogP contribution is -2.50. The minimum absolute atomic E-state index is 0.192. The molecule has 37 heavy (non-hydrogen) atoms. The number of aliphatic hydroxyl groups is 1. The molecule has 1 aliphatic heterocycles. The van der Waals surface area contributed by atoms with E-state index in [-0.39, 0.29) is 12.6 Å². The van der Waals surface area contributed by atoms with Crippen LogP contribution in [0.3, 0.4) is 0 Å². The molecule has 1 atom stereocenters. The Morgan fingerprint density at radius 3 is 2.24 bits per heavy atom. The molecule has 5 nitrogen and oxygen atoms in total. The van der Waals surface area contributed by atoms with Crippen LogP contribution in [-0.2, 0) is 12.8 Å². The van der Waals surface area contributed by atoms with Crippen LogP contribution in [0.1, 0.15) is 28.3 Å². The van der Waals surface area contributed by atoms with Gasteiger partial charge in [-0.3, -0.25) is 14.8 Å². The lowest BCUT2D eigenvalue weighted by molar-refractivity contribution is 0.0403. The zero-order valence-corrected chi connectivity index (χ0v) is 21.6. The number of aryl methyl sites for hydroxylation is 2. The van der Waals surface area contributed by atoms with E-state index in [0.717, 1.165) is 49.9 Å². The summed E-state index contributed by atoms with van der Waals surface area (Å²) < 4.78 is 6.00. The second-order valence-electron chi connectivity index (χ2n) is 10.0. The predicted molar refractivity (Wildman–Crippen MR) is 148 cm³/mol. The number of aromatic nitrogens is 1. The maximum absolute atomic E-state index is 10.8. The Labute approximate surface area is 223 Å². The van der Waals surface area contributed by atoms with Crippen molar-refractivity contribution < 1.29 is 9.84 Å². The van der Waals surface area contributed by atoms with E-state index in [0.29, 0.717) is 17.3 Å². The maximum Gasteiger partial charge on any atom is 0.147 e. The lowest BCUT2D eigenvalue weighted by Gasteiger charge is -2.40. The van der Waals surface area contributed by atoms with E-state index in [1.165, 1.54) is 22.3 Å². The summed E-state index contributed by atoms with van der Waals surface area (Å²) in [4.78, 5) is 9.32. The van der Waals surface area contributed by atoms with Crippen LogP contribution in [-0.4, -0.2) is 65.3 Å². The van der Waals surface area contributed by atoms with Gasteiger partial charge in [-0.25, -0.2) is 0 Å². The molecule has 0 amide bonds. The number of aliphatic hydroxyl groups excluding tert-OH is 1. The average molecular weight is 514 g/mol. The Bertz CT molecular complexity index is 1340. The molecule has 1 fully saturated rings. The number of benzene rings is 3. The van der Waals surface area contributed by atoms with Crippen LogP contribution < -0.4 is 4.74 Å². The molecule has 6 rings (SSSR count). The van der Waals surface area contributed by atoms with Gasteiger partial charge in [0.2, 0.25) is 0 Å². The van der Waals surface area contributed by atoms with Gasteiger partial charge in [0, 0.05) is 44.3 Å². The molecule has 1 aliphatic carbocycles. The fourth-order valence-corrected chi connectivity index (χ4v) is 6.09. The first-order chi connectivity index (χ1) is 18.2. The summed E-state index contributed by atoms with van der Waals surface area (Å²) in [5.74, 6) is 0.585. The fourth-order valence-electron chi connectivity index (χ4n) is 5.87. The van der Waals surface area contributed by atoms with E-state index >= 15 is 0 Å². The van der Waals surface area contributed by atoms with Crippen molar-refractivity contribution in [2.45, 2.75) is 25.0 Å². The number of halogens is 1. The Hall–Kier alpha value is -2.96. The molecule has 1 N–H and O–H groups in total. The third kappa shape index (κ3) is 5.10. The molecule has 0 bridgehead atoms. The summed E-state index contributed by atoms with van der Waals surface area (Å²) in [6.45, 7) is 4.51. The molecule has 1 unspecified atom stereocenters. The van der Waals surface area contributed by atoms with Gasteiger partial charge in [-0.1, -0.05) is 60.1 Å². The highest BCUT2D eigenvalue weighted by Crippen LogP contribution is 2.37. The van der Waals surface area contributed by atoms with Crippen LogP contribution in [0.15, 0.2) is 79.0 Å². The van der Waals surface area contributed by atoms with Crippen molar-refractivity contribution in [3.63, 3.8) is 0 Å². The number of piperazine rings is 1. The first-order valence-electron chi connectivity index (χ1n) is 13.1. The summed E-state index contributed by atoms with van der Waals surface area (Å²) in [5, 5.41) is 12.2. The predicted octanol–water partition coefficient (Wildman–Crippen LogP) is 5.13. The third-order valence-electron chi connectivity index (χ3n) is 7.71. The Morgan fingerprint density at radius 1 is 0.865 bits per heavy atom. The van der Waals surface area contributed by atoms with Crippen LogP contribution in [0.2, 0.25) is 5.02 Å². The number of fused-ring (bicyclic) bond motifs is 3. The topological polar surface area (TPSA) is 48.8 Å². The first kappa shape index (κ1) is 24.4. The van der Waals surface area contributed by atoms with E-state index in [9.17, 15) is 5.11 Å². The first-order valence-corrected chi connectivity index (χ1v) is 13.5. The molecule has 2 aliphatic rings. The van der Waals surface area contributed by atoms with Crippen molar-refractivity contribution in [1.82, 2.24) is 14.8 Å². The van der Waals surface area contributed by atoms with Crippen molar-refractivity contribution in [2.24, 2.45) is 0 Å².